The van der Waals surface area contributed by atoms with Gasteiger partial charge >= 0.3 is 0 Å². The number of carbonyl (C=O) groups is 1. The van der Waals surface area contributed by atoms with Crippen LogP contribution >= 0.6 is 34.5 Å². The average Bonchev–Trinajstić information content (AvgIpc) is 3.20. The molecule has 124 valence electrons. The van der Waals surface area contributed by atoms with Crippen molar-refractivity contribution in [3.05, 3.63) is 69.7 Å². The van der Waals surface area contributed by atoms with Gasteiger partial charge in [-0.2, -0.15) is 5.10 Å². The van der Waals surface area contributed by atoms with Crippen molar-refractivity contribution in [3.8, 4) is 11.1 Å². The first-order valence-electron chi connectivity index (χ1n) is 7.41. The minimum Gasteiger partial charge on any atom is -0.306 e. The van der Waals surface area contributed by atoms with Gasteiger partial charge in [0.2, 0.25) is 0 Å². The molecule has 0 bridgehead atoms. The van der Waals surface area contributed by atoms with Gasteiger partial charge in [0.05, 0.1) is 11.2 Å². The highest BCUT2D eigenvalue weighted by atomic mass is 35.5. The molecule has 1 amide bonds. The Morgan fingerprint density at radius 3 is 2.76 bits per heavy atom. The van der Waals surface area contributed by atoms with Crippen molar-refractivity contribution in [2.24, 2.45) is 0 Å². The second-order valence-electron chi connectivity index (χ2n) is 5.36. The summed E-state index contributed by atoms with van der Waals surface area (Å²) in [6, 6.07) is 15.0. The van der Waals surface area contributed by atoms with Crippen LogP contribution < -0.4 is 5.32 Å². The highest BCUT2D eigenvalue weighted by Crippen LogP contribution is 2.36. The Morgan fingerprint density at radius 2 is 1.96 bits per heavy atom. The molecule has 0 fully saturated rings. The number of halogens is 2. The molecule has 2 heterocycles. The quantitative estimate of drug-likeness (QED) is 0.463. The fourth-order valence-corrected chi connectivity index (χ4v) is 4.19. The van der Waals surface area contributed by atoms with Crippen LogP contribution in [0.5, 0.6) is 0 Å². The van der Waals surface area contributed by atoms with E-state index in [1.54, 1.807) is 12.3 Å². The zero-order chi connectivity index (χ0) is 17.4. The van der Waals surface area contributed by atoms with Crippen LogP contribution in [0.2, 0.25) is 10.0 Å². The number of H-pyrrole nitrogens is 1. The minimum absolute atomic E-state index is 0.279. The van der Waals surface area contributed by atoms with Gasteiger partial charge in [0, 0.05) is 20.7 Å². The molecule has 0 aliphatic rings. The Balaban J connectivity index is 1.68. The number of fused-ring (bicyclic) bond motifs is 1. The maximum Gasteiger partial charge on any atom is 0.268 e. The summed E-state index contributed by atoms with van der Waals surface area (Å²) < 4.78 is 0.970. The van der Waals surface area contributed by atoms with Gasteiger partial charge in [-0.05, 0) is 23.8 Å². The van der Waals surface area contributed by atoms with Gasteiger partial charge in [-0.25, -0.2) is 0 Å². The molecule has 0 unspecified atom stereocenters. The van der Waals surface area contributed by atoms with Crippen LogP contribution in [0.25, 0.3) is 21.2 Å². The molecule has 0 saturated carbocycles. The Labute approximate surface area is 157 Å². The van der Waals surface area contributed by atoms with Gasteiger partial charge in [0.25, 0.3) is 5.91 Å². The minimum atomic E-state index is -0.279. The molecule has 2 aromatic heterocycles. The van der Waals surface area contributed by atoms with E-state index >= 15 is 0 Å². The van der Waals surface area contributed by atoms with Crippen LogP contribution in [0.4, 0.5) is 5.82 Å². The number of carbonyl (C=O) groups excluding carboxylic acids is 1. The molecule has 0 atom stereocenters. The van der Waals surface area contributed by atoms with Crippen LogP contribution in [-0.4, -0.2) is 16.1 Å². The number of rotatable bonds is 3. The van der Waals surface area contributed by atoms with Crippen LogP contribution in [0, 0.1) is 0 Å². The SMILES string of the molecule is O=C(Nc1[nH]ncc1-c1cccc(Cl)c1)c1sc2ccccc2c1Cl. The number of benzene rings is 2. The third-order valence-corrected chi connectivity index (χ3v) is 5.66. The molecular formula is C18H11Cl2N3OS. The van der Waals surface area contributed by atoms with E-state index in [2.05, 4.69) is 15.5 Å². The molecule has 4 aromatic rings. The van der Waals surface area contributed by atoms with Crippen molar-refractivity contribution in [2.45, 2.75) is 0 Å². The van der Waals surface area contributed by atoms with E-state index in [1.165, 1.54) is 11.3 Å². The Hall–Kier alpha value is -2.34. The molecule has 0 aliphatic carbocycles. The van der Waals surface area contributed by atoms with E-state index in [-0.39, 0.29) is 5.91 Å². The summed E-state index contributed by atoms with van der Waals surface area (Å²) in [7, 11) is 0. The van der Waals surface area contributed by atoms with E-state index in [4.69, 9.17) is 23.2 Å². The van der Waals surface area contributed by atoms with Gasteiger partial charge in [-0.3, -0.25) is 9.89 Å². The predicted octanol–water partition coefficient (Wildman–Crippen LogP) is 5.85. The zero-order valence-corrected chi connectivity index (χ0v) is 15.0. The molecule has 4 nitrogen and oxygen atoms in total. The number of amides is 1. The van der Waals surface area contributed by atoms with Crippen molar-refractivity contribution in [1.82, 2.24) is 10.2 Å². The molecule has 25 heavy (non-hydrogen) atoms. The number of nitrogens with zero attached hydrogens (tertiary/aromatic N) is 1. The summed E-state index contributed by atoms with van der Waals surface area (Å²) in [5.74, 6) is 0.222. The number of anilines is 1. The number of aromatic amines is 1. The number of nitrogens with one attached hydrogen (secondary N) is 2. The van der Waals surface area contributed by atoms with Crippen LogP contribution in [0.15, 0.2) is 54.7 Å². The molecule has 0 saturated heterocycles. The molecule has 2 aromatic carbocycles. The second kappa shape index (κ2) is 6.52. The summed E-state index contributed by atoms with van der Waals surface area (Å²) in [5.41, 5.74) is 1.62. The fraction of sp³-hybridized carbons (Fsp3) is 0. The summed E-state index contributed by atoms with van der Waals surface area (Å²) in [6.07, 6.45) is 1.65. The summed E-state index contributed by atoms with van der Waals surface area (Å²) in [6.45, 7) is 0. The average molecular weight is 388 g/mol. The van der Waals surface area contributed by atoms with E-state index in [0.717, 1.165) is 21.2 Å². The third kappa shape index (κ3) is 3.02. The van der Waals surface area contributed by atoms with E-state index < -0.39 is 0 Å². The Morgan fingerprint density at radius 1 is 1.12 bits per heavy atom. The topological polar surface area (TPSA) is 57.8 Å². The Kier molecular flexibility index (Phi) is 4.21. The van der Waals surface area contributed by atoms with Crippen molar-refractivity contribution >= 4 is 56.3 Å². The van der Waals surface area contributed by atoms with Gasteiger partial charge < -0.3 is 5.32 Å². The van der Waals surface area contributed by atoms with Crippen LogP contribution in [0.3, 0.4) is 0 Å². The molecule has 7 heteroatoms. The van der Waals surface area contributed by atoms with Crippen molar-refractivity contribution in [2.75, 3.05) is 5.32 Å². The molecule has 0 spiro atoms. The van der Waals surface area contributed by atoms with Gasteiger partial charge in [0.1, 0.15) is 10.7 Å². The highest BCUT2D eigenvalue weighted by Gasteiger charge is 2.19. The zero-order valence-electron chi connectivity index (χ0n) is 12.7. The fourth-order valence-electron chi connectivity index (χ4n) is 2.59. The molecule has 0 radical (unpaired) electrons. The maximum atomic E-state index is 12.7. The van der Waals surface area contributed by atoms with Gasteiger partial charge in [-0.1, -0.05) is 53.5 Å². The summed E-state index contributed by atoms with van der Waals surface area (Å²) in [4.78, 5) is 13.2. The van der Waals surface area contributed by atoms with Crippen molar-refractivity contribution in [3.63, 3.8) is 0 Å². The number of hydrogen-bond donors (Lipinski definition) is 2. The largest absolute Gasteiger partial charge is 0.306 e. The number of thiophene rings is 1. The normalized spacial score (nSPS) is 11.0. The van der Waals surface area contributed by atoms with Crippen molar-refractivity contribution in [1.29, 1.82) is 0 Å². The van der Waals surface area contributed by atoms with Crippen molar-refractivity contribution < 1.29 is 4.79 Å². The maximum absolute atomic E-state index is 12.7. The molecule has 2 N–H and O–H groups in total. The molecule has 0 aliphatic heterocycles. The number of aromatic nitrogens is 2. The monoisotopic (exact) mass is 387 g/mol. The second-order valence-corrected chi connectivity index (χ2v) is 7.23. The highest BCUT2D eigenvalue weighted by molar-refractivity contribution is 7.21. The summed E-state index contributed by atoms with van der Waals surface area (Å²) >= 11 is 13.8. The lowest BCUT2D eigenvalue weighted by Crippen LogP contribution is -2.11. The third-order valence-electron chi connectivity index (χ3n) is 3.75. The Bertz CT molecular complexity index is 1090. The first-order valence-corrected chi connectivity index (χ1v) is 8.98. The summed E-state index contributed by atoms with van der Waals surface area (Å²) in [5, 5.41) is 11.6. The lowest BCUT2D eigenvalue weighted by Gasteiger charge is -2.05. The molecular weight excluding hydrogens is 377 g/mol. The smallest absolute Gasteiger partial charge is 0.268 e. The van der Waals surface area contributed by atoms with E-state index in [0.29, 0.717) is 20.7 Å². The van der Waals surface area contributed by atoms with Gasteiger partial charge in [-0.15, -0.1) is 11.3 Å². The van der Waals surface area contributed by atoms with E-state index in [1.807, 2.05) is 42.5 Å². The predicted molar refractivity (Wildman–Crippen MR) is 104 cm³/mol. The first kappa shape index (κ1) is 16.1. The first-order chi connectivity index (χ1) is 12.1. The van der Waals surface area contributed by atoms with E-state index in [9.17, 15) is 4.79 Å². The van der Waals surface area contributed by atoms with Crippen LogP contribution in [0.1, 0.15) is 9.67 Å². The lowest BCUT2D eigenvalue weighted by atomic mass is 10.1. The van der Waals surface area contributed by atoms with Crippen LogP contribution in [-0.2, 0) is 0 Å². The number of hydrogen-bond acceptors (Lipinski definition) is 3. The molecule has 4 rings (SSSR count). The van der Waals surface area contributed by atoms with Gasteiger partial charge in [0.15, 0.2) is 0 Å². The lowest BCUT2D eigenvalue weighted by molar-refractivity contribution is 0.103. The standard InChI is InChI=1S/C18H11Cl2N3OS/c19-11-5-3-4-10(8-11)13-9-21-23-17(13)22-18(24)16-15(20)12-6-1-2-7-14(12)25-16/h1-9H,(H2,21,22,23,24).